The van der Waals surface area contributed by atoms with Gasteiger partial charge in [-0.25, -0.2) is 22.0 Å². The Bertz CT molecular complexity index is 849. The molecule has 33 heavy (non-hydrogen) atoms. The van der Waals surface area contributed by atoms with Gasteiger partial charge in [-0.1, -0.05) is 0 Å². The highest BCUT2D eigenvalue weighted by atomic mass is 19.2. The van der Waals surface area contributed by atoms with Crippen molar-refractivity contribution >= 4 is 17.7 Å². The van der Waals surface area contributed by atoms with Crippen molar-refractivity contribution in [1.82, 2.24) is 15.5 Å². The summed E-state index contributed by atoms with van der Waals surface area (Å²) >= 11 is 0. The molecular formula is C21H27F5N4O3. The van der Waals surface area contributed by atoms with Crippen LogP contribution in [0.4, 0.5) is 22.0 Å². The number of hydrogen-bond acceptors (Lipinski definition) is 4. The second kappa shape index (κ2) is 12.5. The van der Waals surface area contributed by atoms with Crippen LogP contribution in [0.15, 0.2) is 0 Å². The summed E-state index contributed by atoms with van der Waals surface area (Å²) in [6.07, 6.45) is 3.46. The second-order valence-electron chi connectivity index (χ2n) is 7.74. The number of carbonyl (C=O) groups excluding carboxylic acids is 3. The fraction of sp³-hybridized carbons (Fsp3) is 0.571. The number of nitrogens with one attached hydrogen (secondary N) is 2. The molecule has 0 saturated carbocycles. The summed E-state index contributed by atoms with van der Waals surface area (Å²) in [5.74, 6) is -13.4. The van der Waals surface area contributed by atoms with Crippen LogP contribution in [0, 0.1) is 29.1 Å². The molecule has 1 heterocycles. The van der Waals surface area contributed by atoms with E-state index < -0.39 is 52.5 Å². The van der Waals surface area contributed by atoms with Gasteiger partial charge in [0, 0.05) is 26.1 Å². The number of nitrogens with two attached hydrogens (primary N) is 1. The molecule has 1 aliphatic rings. The summed E-state index contributed by atoms with van der Waals surface area (Å²) in [7, 11) is 0. The minimum Gasteiger partial charge on any atom is -0.352 e. The molecule has 3 amide bonds. The van der Waals surface area contributed by atoms with E-state index in [9.17, 15) is 36.3 Å². The van der Waals surface area contributed by atoms with Crippen molar-refractivity contribution in [2.24, 2.45) is 5.73 Å². The molecule has 184 valence electrons. The van der Waals surface area contributed by atoms with Crippen molar-refractivity contribution in [2.45, 2.75) is 51.0 Å². The summed E-state index contributed by atoms with van der Waals surface area (Å²) in [4.78, 5) is 38.5. The van der Waals surface area contributed by atoms with Crippen LogP contribution in [0.2, 0.25) is 0 Å². The van der Waals surface area contributed by atoms with E-state index in [2.05, 4.69) is 5.32 Å². The second-order valence-corrected chi connectivity index (χ2v) is 7.74. The van der Waals surface area contributed by atoms with Gasteiger partial charge in [0.25, 0.3) is 5.91 Å². The highest BCUT2D eigenvalue weighted by molar-refractivity contribution is 5.95. The third-order valence-corrected chi connectivity index (χ3v) is 5.30. The average molecular weight is 478 g/mol. The Balaban J connectivity index is 1.87. The SMILES string of the molecule is NCCCC[C@H](NC(=O)CCCNC(=O)c1c(F)c(F)c(F)c(F)c1F)C(=O)N1CCCC1. The molecule has 12 heteroatoms. The molecule has 1 aliphatic heterocycles. The lowest BCUT2D eigenvalue weighted by molar-refractivity contribution is -0.135. The molecular weight excluding hydrogens is 451 g/mol. The fourth-order valence-electron chi connectivity index (χ4n) is 3.52. The smallest absolute Gasteiger partial charge is 0.257 e. The number of benzene rings is 1. The summed E-state index contributed by atoms with van der Waals surface area (Å²) in [5, 5.41) is 4.70. The van der Waals surface area contributed by atoms with Gasteiger partial charge in [0.1, 0.15) is 11.6 Å². The first-order valence-electron chi connectivity index (χ1n) is 10.8. The topological polar surface area (TPSA) is 105 Å². The minimum absolute atomic E-state index is 0.0143. The summed E-state index contributed by atoms with van der Waals surface area (Å²) < 4.78 is 66.9. The lowest BCUT2D eigenvalue weighted by atomic mass is 10.1. The van der Waals surface area contributed by atoms with Crippen LogP contribution < -0.4 is 16.4 Å². The van der Waals surface area contributed by atoms with Gasteiger partial charge in [0.05, 0.1) is 0 Å². The van der Waals surface area contributed by atoms with Crippen LogP contribution in [-0.4, -0.2) is 54.8 Å². The summed E-state index contributed by atoms with van der Waals surface area (Å²) in [6, 6.07) is -0.704. The number of hydrogen-bond donors (Lipinski definition) is 3. The first-order valence-corrected chi connectivity index (χ1v) is 10.8. The van der Waals surface area contributed by atoms with E-state index in [-0.39, 0.29) is 25.3 Å². The monoisotopic (exact) mass is 478 g/mol. The van der Waals surface area contributed by atoms with Crippen molar-refractivity contribution in [3.05, 3.63) is 34.6 Å². The largest absolute Gasteiger partial charge is 0.352 e. The molecule has 0 unspecified atom stereocenters. The normalized spacial score (nSPS) is 14.3. The molecule has 1 saturated heterocycles. The summed E-state index contributed by atoms with van der Waals surface area (Å²) in [6.45, 7) is 1.46. The molecule has 0 bridgehead atoms. The maximum absolute atomic E-state index is 13.7. The lowest BCUT2D eigenvalue weighted by Gasteiger charge is -2.24. The Morgan fingerprint density at radius 3 is 2.03 bits per heavy atom. The van der Waals surface area contributed by atoms with E-state index in [1.54, 1.807) is 4.90 Å². The molecule has 0 aliphatic carbocycles. The standard InChI is InChI=1S/C21H27F5N4O3/c22-15-14(16(23)18(25)19(26)17(15)24)20(32)28-9-5-7-13(31)29-12(6-1-2-8-27)21(33)30-10-3-4-11-30/h12H,1-11,27H2,(H,28,32)(H,29,31)/t12-/m0/s1. The zero-order valence-corrected chi connectivity index (χ0v) is 18.0. The fourth-order valence-corrected chi connectivity index (χ4v) is 3.52. The molecule has 7 nitrogen and oxygen atoms in total. The van der Waals surface area contributed by atoms with E-state index in [4.69, 9.17) is 5.73 Å². The third-order valence-electron chi connectivity index (χ3n) is 5.30. The van der Waals surface area contributed by atoms with E-state index >= 15 is 0 Å². The number of rotatable bonds is 11. The molecule has 0 radical (unpaired) electrons. The number of unbranched alkanes of at least 4 members (excludes halogenated alkanes) is 1. The average Bonchev–Trinajstić information content (AvgIpc) is 3.33. The Morgan fingerprint density at radius 1 is 0.879 bits per heavy atom. The predicted octanol–water partition coefficient (Wildman–Crippen LogP) is 2.13. The zero-order chi connectivity index (χ0) is 24.5. The highest BCUT2D eigenvalue weighted by Crippen LogP contribution is 2.23. The van der Waals surface area contributed by atoms with E-state index in [1.165, 1.54) is 0 Å². The number of nitrogens with zero attached hydrogens (tertiary/aromatic N) is 1. The molecule has 1 fully saturated rings. The van der Waals surface area contributed by atoms with Crippen LogP contribution in [0.3, 0.4) is 0 Å². The van der Waals surface area contributed by atoms with Crippen molar-refractivity contribution in [3.8, 4) is 0 Å². The number of likely N-dealkylation sites (tertiary alicyclic amines) is 1. The van der Waals surface area contributed by atoms with Gasteiger partial charge in [0.2, 0.25) is 17.6 Å². The lowest BCUT2D eigenvalue weighted by Crippen LogP contribution is -2.47. The van der Waals surface area contributed by atoms with Gasteiger partial charge >= 0.3 is 0 Å². The molecule has 1 aromatic carbocycles. The molecule has 1 atom stereocenters. The predicted molar refractivity (Wildman–Crippen MR) is 108 cm³/mol. The zero-order valence-electron chi connectivity index (χ0n) is 18.0. The van der Waals surface area contributed by atoms with Crippen LogP contribution >= 0.6 is 0 Å². The maximum atomic E-state index is 13.7. The maximum Gasteiger partial charge on any atom is 0.257 e. The van der Waals surface area contributed by atoms with Gasteiger partial charge in [-0.15, -0.1) is 0 Å². The Kier molecular flexibility index (Phi) is 10.0. The molecule has 1 aromatic rings. The van der Waals surface area contributed by atoms with Gasteiger partial charge in [-0.2, -0.15) is 0 Å². The first-order chi connectivity index (χ1) is 15.7. The Hall–Kier alpha value is -2.76. The van der Waals surface area contributed by atoms with Crippen LogP contribution in [0.5, 0.6) is 0 Å². The molecule has 2 rings (SSSR count). The number of carbonyl (C=O) groups is 3. The summed E-state index contributed by atoms with van der Waals surface area (Å²) in [5.41, 5.74) is 3.89. The van der Waals surface area contributed by atoms with Gasteiger partial charge in [-0.05, 0) is 45.1 Å². The van der Waals surface area contributed by atoms with Crippen molar-refractivity contribution in [3.63, 3.8) is 0 Å². The quantitative estimate of drug-likeness (QED) is 0.196. The van der Waals surface area contributed by atoms with E-state index in [1.807, 2.05) is 5.32 Å². The minimum atomic E-state index is -2.36. The van der Waals surface area contributed by atoms with Gasteiger partial charge in [0.15, 0.2) is 23.3 Å². The van der Waals surface area contributed by atoms with Crippen molar-refractivity contribution in [2.75, 3.05) is 26.2 Å². The first kappa shape index (κ1) is 26.5. The third kappa shape index (κ3) is 6.86. The van der Waals surface area contributed by atoms with Crippen LogP contribution in [0.1, 0.15) is 55.3 Å². The van der Waals surface area contributed by atoms with Gasteiger partial charge < -0.3 is 21.3 Å². The Morgan fingerprint density at radius 2 is 1.45 bits per heavy atom. The molecule has 4 N–H and O–H groups in total. The van der Waals surface area contributed by atoms with E-state index in [0.717, 1.165) is 12.8 Å². The number of halogens is 5. The Labute approximate surface area is 187 Å². The highest BCUT2D eigenvalue weighted by Gasteiger charge is 2.30. The van der Waals surface area contributed by atoms with Crippen LogP contribution in [-0.2, 0) is 9.59 Å². The molecule has 0 spiro atoms. The van der Waals surface area contributed by atoms with Crippen molar-refractivity contribution < 1.29 is 36.3 Å². The van der Waals surface area contributed by atoms with Crippen molar-refractivity contribution in [1.29, 1.82) is 0 Å². The van der Waals surface area contributed by atoms with E-state index in [0.29, 0.717) is 38.9 Å². The number of amides is 3. The van der Waals surface area contributed by atoms with Gasteiger partial charge in [-0.3, -0.25) is 14.4 Å². The van der Waals surface area contributed by atoms with Crippen LogP contribution in [0.25, 0.3) is 0 Å². The molecule has 0 aromatic heterocycles.